The Morgan fingerprint density at radius 2 is 1.74 bits per heavy atom. The number of hydrogen-bond donors (Lipinski definition) is 3. The Balaban J connectivity index is 1.52. The number of anilines is 2. The summed E-state index contributed by atoms with van der Waals surface area (Å²) in [4.78, 5) is 34.2. The molecule has 0 atom stereocenters. The fourth-order valence-corrected chi connectivity index (χ4v) is 6.23. The number of aromatic nitrogens is 1. The quantitative estimate of drug-likeness (QED) is 0.389. The fraction of sp³-hybridized carbons (Fsp3) is 0.310. The molecule has 2 aliphatic heterocycles. The molecule has 204 valence electrons. The minimum Gasteiger partial charge on any atom is -0.358 e. The highest BCUT2D eigenvalue weighted by Gasteiger charge is 2.30. The molecule has 2 aliphatic rings. The average molecular weight is 548 g/mol. The molecule has 2 aromatic carbocycles. The minimum absolute atomic E-state index is 0.00865. The zero-order chi connectivity index (χ0) is 27.7. The number of H-pyrrole nitrogens is 1. The number of para-hydroxylation sites is 1. The van der Waals surface area contributed by atoms with Crippen LogP contribution in [0.1, 0.15) is 46.7 Å². The van der Waals surface area contributed by atoms with E-state index in [0.29, 0.717) is 59.7 Å². The molecule has 10 heteroatoms. The van der Waals surface area contributed by atoms with Gasteiger partial charge in [-0.15, -0.1) is 0 Å². The van der Waals surface area contributed by atoms with Crippen LogP contribution in [0.15, 0.2) is 53.4 Å². The third-order valence-corrected chi connectivity index (χ3v) is 8.70. The first kappa shape index (κ1) is 26.7. The number of sulfonamides is 1. The van der Waals surface area contributed by atoms with Crippen molar-refractivity contribution in [3.63, 3.8) is 0 Å². The number of likely N-dealkylation sites (N-methyl/N-ethyl adjacent to an activating group) is 1. The summed E-state index contributed by atoms with van der Waals surface area (Å²) in [6.45, 7) is 7.00. The van der Waals surface area contributed by atoms with Gasteiger partial charge in [0.15, 0.2) is 0 Å². The Morgan fingerprint density at radius 1 is 1.03 bits per heavy atom. The Morgan fingerprint density at radius 3 is 2.41 bits per heavy atom. The summed E-state index contributed by atoms with van der Waals surface area (Å²) in [7, 11) is -1.82. The van der Waals surface area contributed by atoms with Gasteiger partial charge in [0.2, 0.25) is 0 Å². The second-order valence-electron chi connectivity index (χ2n) is 9.86. The van der Waals surface area contributed by atoms with Gasteiger partial charge in [-0.2, -0.15) is 0 Å². The first-order valence-electron chi connectivity index (χ1n) is 13.2. The third kappa shape index (κ3) is 5.22. The van der Waals surface area contributed by atoms with Gasteiger partial charge in [-0.3, -0.25) is 14.3 Å². The van der Waals surface area contributed by atoms with Crippen molar-refractivity contribution in [2.75, 3.05) is 43.3 Å². The van der Waals surface area contributed by atoms with Gasteiger partial charge < -0.3 is 20.1 Å². The second-order valence-corrected chi connectivity index (χ2v) is 11.5. The molecule has 2 amide bonds. The molecular weight excluding hydrogens is 514 g/mol. The van der Waals surface area contributed by atoms with Crippen LogP contribution in [-0.2, 0) is 27.7 Å². The number of carbonyl (C=O) groups is 2. The molecule has 0 radical (unpaired) electrons. The molecule has 0 bridgehead atoms. The molecule has 0 unspecified atom stereocenters. The topological polar surface area (TPSA) is 115 Å². The smallest absolute Gasteiger partial charge is 0.261 e. The highest BCUT2D eigenvalue weighted by Crippen LogP contribution is 2.36. The van der Waals surface area contributed by atoms with Gasteiger partial charge in [0.1, 0.15) is 0 Å². The summed E-state index contributed by atoms with van der Waals surface area (Å²) >= 11 is 0. The molecule has 3 heterocycles. The maximum absolute atomic E-state index is 13.6. The number of carbonyl (C=O) groups excluding carboxylic acids is 2. The number of hydrogen-bond acceptors (Lipinski definition) is 5. The van der Waals surface area contributed by atoms with Gasteiger partial charge in [0.05, 0.1) is 16.0 Å². The van der Waals surface area contributed by atoms with Crippen molar-refractivity contribution in [1.82, 2.24) is 14.8 Å². The summed E-state index contributed by atoms with van der Waals surface area (Å²) in [6, 6.07) is 13.2. The van der Waals surface area contributed by atoms with Crippen molar-refractivity contribution in [3.8, 4) is 0 Å². The highest BCUT2D eigenvalue weighted by atomic mass is 32.2. The van der Waals surface area contributed by atoms with Gasteiger partial charge >= 0.3 is 0 Å². The van der Waals surface area contributed by atoms with E-state index in [1.54, 1.807) is 42.5 Å². The van der Waals surface area contributed by atoms with Crippen LogP contribution in [0.3, 0.4) is 0 Å². The number of benzene rings is 2. The van der Waals surface area contributed by atoms with Gasteiger partial charge in [-0.1, -0.05) is 32.0 Å². The lowest BCUT2D eigenvalue weighted by atomic mass is 10.0. The number of fused-ring (bicyclic) bond motifs is 1. The van der Waals surface area contributed by atoms with Gasteiger partial charge in [-0.25, -0.2) is 8.42 Å². The number of nitrogens with zero attached hydrogens (tertiary/aromatic N) is 2. The average Bonchev–Trinajstić information content (AvgIpc) is 3.45. The molecular formula is C29H33N5O4S. The van der Waals surface area contributed by atoms with Crippen LogP contribution in [0.4, 0.5) is 11.4 Å². The van der Waals surface area contributed by atoms with Gasteiger partial charge in [-0.05, 0) is 61.9 Å². The molecule has 3 N–H and O–H groups in total. The van der Waals surface area contributed by atoms with Crippen LogP contribution in [0.5, 0.6) is 0 Å². The van der Waals surface area contributed by atoms with E-state index in [1.807, 2.05) is 18.7 Å². The molecule has 1 saturated heterocycles. The standard InChI is InChI=1S/C29H33N5O4S/c1-4-21-26(30-24(5-2)27(21)29(36)34-15-13-33(3)14-16-34)18-23-22-17-20(11-12-25(22)31-28(23)35)39(37,38)32-19-9-7-6-8-10-19/h6-12,17-18,30,32H,4-5,13-16H2,1-3H3,(H,31,35)/b23-18-. The Kier molecular flexibility index (Phi) is 7.33. The molecule has 5 rings (SSSR count). The summed E-state index contributed by atoms with van der Waals surface area (Å²) < 4.78 is 28.8. The van der Waals surface area contributed by atoms with Gasteiger partial charge in [0.25, 0.3) is 21.8 Å². The number of aryl methyl sites for hydroxylation is 1. The van der Waals surface area contributed by atoms with Crippen LogP contribution < -0.4 is 10.0 Å². The maximum atomic E-state index is 13.6. The van der Waals surface area contributed by atoms with E-state index < -0.39 is 10.0 Å². The van der Waals surface area contributed by atoms with Crippen LogP contribution >= 0.6 is 0 Å². The Hall–Kier alpha value is -3.89. The maximum Gasteiger partial charge on any atom is 0.261 e. The fourth-order valence-electron chi connectivity index (χ4n) is 5.14. The van der Waals surface area contributed by atoms with Crippen molar-refractivity contribution >= 4 is 44.9 Å². The number of rotatable bonds is 7. The summed E-state index contributed by atoms with van der Waals surface area (Å²) in [5.74, 6) is -0.313. The van der Waals surface area contributed by atoms with Crippen molar-refractivity contribution in [1.29, 1.82) is 0 Å². The largest absolute Gasteiger partial charge is 0.358 e. The minimum atomic E-state index is -3.87. The number of aromatic amines is 1. The number of nitrogens with one attached hydrogen (secondary N) is 3. The first-order chi connectivity index (χ1) is 18.7. The van der Waals surface area contributed by atoms with E-state index in [0.717, 1.165) is 24.3 Å². The molecule has 9 nitrogen and oxygen atoms in total. The molecule has 39 heavy (non-hydrogen) atoms. The first-order valence-corrected chi connectivity index (χ1v) is 14.7. The van der Waals surface area contributed by atoms with Crippen molar-refractivity contribution < 1.29 is 18.0 Å². The molecule has 1 aromatic heterocycles. The predicted octanol–water partition coefficient (Wildman–Crippen LogP) is 3.82. The molecule has 0 aliphatic carbocycles. The van der Waals surface area contributed by atoms with Crippen LogP contribution in [0.2, 0.25) is 0 Å². The van der Waals surface area contributed by atoms with Crippen molar-refractivity contribution in [2.45, 2.75) is 31.6 Å². The van der Waals surface area contributed by atoms with Gasteiger partial charge in [0, 0.05) is 54.5 Å². The number of piperazine rings is 1. The third-order valence-electron chi connectivity index (χ3n) is 7.32. The molecule has 1 fully saturated rings. The lowest BCUT2D eigenvalue weighted by Gasteiger charge is -2.32. The second kappa shape index (κ2) is 10.7. The van der Waals surface area contributed by atoms with Crippen molar-refractivity contribution in [2.24, 2.45) is 0 Å². The van der Waals surface area contributed by atoms with E-state index in [2.05, 4.69) is 27.0 Å². The van der Waals surface area contributed by atoms with E-state index in [1.165, 1.54) is 12.1 Å². The lowest BCUT2D eigenvalue weighted by Crippen LogP contribution is -2.47. The lowest BCUT2D eigenvalue weighted by molar-refractivity contribution is -0.110. The Bertz CT molecular complexity index is 1550. The van der Waals surface area contributed by atoms with E-state index in [-0.39, 0.29) is 16.7 Å². The zero-order valence-corrected chi connectivity index (χ0v) is 23.2. The SMILES string of the molecule is CCc1[nH]c(/C=C2\C(=O)Nc3ccc(S(=O)(=O)Nc4ccccc4)cc32)c(CC)c1C(=O)N1CCN(C)CC1. The molecule has 0 spiro atoms. The van der Waals surface area contributed by atoms with E-state index >= 15 is 0 Å². The van der Waals surface area contributed by atoms with Crippen LogP contribution in [-0.4, -0.2) is 68.2 Å². The van der Waals surface area contributed by atoms with Crippen LogP contribution in [0, 0.1) is 0 Å². The normalized spacial score (nSPS) is 16.8. The molecule has 3 aromatic rings. The summed E-state index contributed by atoms with van der Waals surface area (Å²) in [5, 5.41) is 2.83. The highest BCUT2D eigenvalue weighted by molar-refractivity contribution is 7.92. The summed E-state index contributed by atoms with van der Waals surface area (Å²) in [6.07, 6.45) is 2.98. The van der Waals surface area contributed by atoms with Crippen LogP contribution in [0.25, 0.3) is 11.6 Å². The predicted molar refractivity (Wildman–Crippen MR) is 153 cm³/mol. The van der Waals surface area contributed by atoms with E-state index in [4.69, 9.17) is 0 Å². The monoisotopic (exact) mass is 547 g/mol. The van der Waals surface area contributed by atoms with E-state index in [9.17, 15) is 18.0 Å². The summed E-state index contributed by atoms with van der Waals surface area (Å²) in [5.41, 5.74) is 4.91. The van der Waals surface area contributed by atoms with Crippen molar-refractivity contribution in [3.05, 3.63) is 76.6 Å². The zero-order valence-electron chi connectivity index (χ0n) is 22.4. The Labute approximate surface area is 229 Å². The number of amides is 2. The molecule has 0 saturated carbocycles.